The van der Waals surface area contributed by atoms with Gasteiger partial charge in [0.2, 0.25) is 5.75 Å². The maximum atomic E-state index is 13.3. The second kappa shape index (κ2) is 5.98. The molecule has 0 saturated carbocycles. The number of nitrogens with zero attached hydrogens (tertiary/aromatic N) is 1. The van der Waals surface area contributed by atoms with Gasteiger partial charge in [0.25, 0.3) is 0 Å². The molecule has 0 bridgehead atoms. The van der Waals surface area contributed by atoms with E-state index in [0.717, 1.165) is 6.07 Å². The van der Waals surface area contributed by atoms with Gasteiger partial charge in [0.05, 0.1) is 22.1 Å². The number of rotatable bonds is 4. The number of ether oxygens (including phenoxy) is 1. The summed E-state index contributed by atoms with van der Waals surface area (Å²) in [5, 5.41) is 19.8. The summed E-state index contributed by atoms with van der Waals surface area (Å²) in [5.41, 5.74) is 0.226. The zero-order valence-corrected chi connectivity index (χ0v) is 11.6. The van der Waals surface area contributed by atoms with Gasteiger partial charge in [-0.15, -0.1) is 0 Å². The predicted octanol–water partition coefficient (Wildman–Crippen LogP) is 3.78. The molecule has 2 rings (SSSR count). The molecule has 2 aromatic rings. The lowest BCUT2D eigenvalue weighted by molar-refractivity contribution is -0.385. The Labute approximate surface area is 121 Å². The number of hydrogen-bond acceptors (Lipinski definition) is 4. The first-order valence-electron chi connectivity index (χ1n) is 5.52. The van der Waals surface area contributed by atoms with E-state index < -0.39 is 16.4 Å². The van der Waals surface area contributed by atoms with Gasteiger partial charge in [-0.3, -0.25) is 10.1 Å². The molecule has 0 atom stereocenters. The molecule has 0 aliphatic heterocycles. The third kappa shape index (κ3) is 3.12. The van der Waals surface area contributed by atoms with Crippen molar-refractivity contribution in [2.24, 2.45) is 0 Å². The first-order chi connectivity index (χ1) is 9.51. The largest absolute Gasteiger partial charge is 0.450 e. The summed E-state index contributed by atoms with van der Waals surface area (Å²) < 4.78 is 18.8. The van der Waals surface area contributed by atoms with Gasteiger partial charge in [-0.1, -0.05) is 12.1 Å². The fourth-order valence-corrected chi connectivity index (χ4v) is 1.85. The fraction of sp³-hybridized carbons (Fsp3) is 0.0769. The van der Waals surface area contributed by atoms with Gasteiger partial charge in [-0.25, -0.2) is 4.39 Å². The molecule has 0 fully saturated rings. The zero-order chi connectivity index (χ0) is 14.7. The molecule has 0 aromatic heterocycles. The van der Waals surface area contributed by atoms with E-state index in [1.807, 2.05) is 0 Å². The van der Waals surface area contributed by atoms with Crippen LogP contribution in [0.15, 0.2) is 40.9 Å². The molecule has 0 aliphatic rings. The Balaban J connectivity index is 2.36. The standard InChI is InChI=1S/C13H9BrFNO4/c14-10-5-13(12(16(18)19)6-11(10)15)20-9-3-1-8(7-17)2-4-9/h1-6,17H,7H2. The molecule has 0 saturated heterocycles. The Morgan fingerprint density at radius 3 is 2.50 bits per heavy atom. The zero-order valence-electron chi connectivity index (χ0n) is 10.0. The molecule has 0 aliphatic carbocycles. The molecule has 0 unspecified atom stereocenters. The topological polar surface area (TPSA) is 72.6 Å². The van der Waals surface area contributed by atoms with Gasteiger partial charge >= 0.3 is 5.69 Å². The van der Waals surface area contributed by atoms with Crippen molar-refractivity contribution >= 4 is 21.6 Å². The summed E-state index contributed by atoms with van der Waals surface area (Å²) in [6, 6.07) is 8.37. The lowest BCUT2D eigenvalue weighted by atomic mass is 10.2. The maximum Gasteiger partial charge on any atom is 0.314 e. The maximum absolute atomic E-state index is 13.3. The molecule has 2 aromatic carbocycles. The molecule has 0 radical (unpaired) electrons. The smallest absolute Gasteiger partial charge is 0.314 e. The lowest BCUT2D eigenvalue weighted by Crippen LogP contribution is -1.95. The van der Waals surface area contributed by atoms with E-state index in [4.69, 9.17) is 9.84 Å². The van der Waals surface area contributed by atoms with Gasteiger partial charge in [0.1, 0.15) is 11.6 Å². The third-order valence-electron chi connectivity index (χ3n) is 2.53. The van der Waals surface area contributed by atoms with Gasteiger partial charge in [-0.05, 0) is 33.6 Å². The van der Waals surface area contributed by atoms with Crippen LogP contribution in [0.4, 0.5) is 10.1 Å². The van der Waals surface area contributed by atoms with E-state index in [0.29, 0.717) is 11.3 Å². The number of aliphatic hydroxyl groups excluding tert-OH is 1. The van der Waals surface area contributed by atoms with E-state index in [1.54, 1.807) is 24.3 Å². The van der Waals surface area contributed by atoms with Crippen LogP contribution in [-0.4, -0.2) is 10.0 Å². The molecule has 5 nitrogen and oxygen atoms in total. The second-order valence-electron chi connectivity index (χ2n) is 3.90. The highest BCUT2D eigenvalue weighted by atomic mass is 79.9. The van der Waals surface area contributed by atoms with Crippen molar-refractivity contribution in [2.45, 2.75) is 6.61 Å². The van der Waals surface area contributed by atoms with Crippen LogP contribution in [0, 0.1) is 15.9 Å². The molecular weight excluding hydrogens is 333 g/mol. The summed E-state index contributed by atoms with van der Waals surface area (Å²) in [6.45, 7) is -0.109. The first kappa shape index (κ1) is 14.4. The Morgan fingerprint density at radius 1 is 1.30 bits per heavy atom. The van der Waals surface area contributed by atoms with Crippen molar-refractivity contribution in [3.05, 3.63) is 62.4 Å². The van der Waals surface area contributed by atoms with Crippen molar-refractivity contribution in [1.82, 2.24) is 0 Å². The Bertz CT molecular complexity index is 646. The van der Waals surface area contributed by atoms with Crippen molar-refractivity contribution in [2.75, 3.05) is 0 Å². The van der Waals surface area contributed by atoms with Crippen LogP contribution in [-0.2, 0) is 6.61 Å². The van der Waals surface area contributed by atoms with Crippen molar-refractivity contribution < 1.29 is 19.2 Å². The summed E-state index contributed by atoms with van der Waals surface area (Å²) in [7, 11) is 0. The molecule has 1 N–H and O–H groups in total. The second-order valence-corrected chi connectivity index (χ2v) is 4.75. The normalized spacial score (nSPS) is 10.3. The van der Waals surface area contributed by atoms with Gasteiger partial charge in [0, 0.05) is 6.07 Å². The molecule has 104 valence electrons. The third-order valence-corrected chi connectivity index (χ3v) is 3.14. The summed E-state index contributed by atoms with van der Waals surface area (Å²) >= 11 is 2.95. The number of aliphatic hydroxyl groups is 1. The number of nitro groups is 1. The minimum absolute atomic E-state index is 0.0694. The highest BCUT2D eigenvalue weighted by molar-refractivity contribution is 9.10. The van der Waals surface area contributed by atoms with E-state index >= 15 is 0 Å². The van der Waals surface area contributed by atoms with Crippen molar-refractivity contribution in [3.63, 3.8) is 0 Å². The predicted molar refractivity (Wildman–Crippen MR) is 73.2 cm³/mol. The highest BCUT2D eigenvalue weighted by Gasteiger charge is 2.19. The number of halogens is 2. The monoisotopic (exact) mass is 341 g/mol. The molecule has 7 heteroatoms. The molecule has 20 heavy (non-hydrogen) atoms. The van der Waals surface area contributed by atoms with E-state index in [-0.39, 0.29) is 16.8 Å². The van der Waals surface area contributed by atoms with Crippen LogP contribution in [0.1, 0.15) is 5.56 Å². The van der Waals surface area contributed by atoms with E-state index in [1.165, 1.54) is 6.07 Å². The lowest BCUT2D eigenvalue weighted by Gasteiger charge is -2.08. The molecule has 0 spiro atoms. The van der Waals surface area contributed by atoms with Gasteiger partial charge in [0.15, 0.2) is 0 Å². The molecular formula is C13H9BrFNO4. The summed E-state index contributed by atoms with van der Waals surface area (Å²) in [5.74, 6) is -0.455. The van der Waals surface area contributed by atoms with Crippen LogP contribution >= 0.6 is 15.9 Å². The van der Waals surface area contributed by atoms with Crippen molar-refractivity contribution in [1.29, 1.82) is 0 Å². The van der Waals surface area contributed by atoms with Crippen LogP contribution < -0.4 is 4.74 Å². The number of nitro benzene ring substituents is 1. The van der Waals surface area contributed by atoms with Gasteiger partial charge in [-0.2, -0.15) is 0 Å². The summed E-state index contributed by atoms with van der Waals surface area (Å²) in [6.07, 6.45) is 0. The Morgan fingerprint density at radius 2 is 1.95 bits per heavy atom. The Hall–Kier alpha value is -1.99. The van der Waals surface area contributed by atoms with E-state index in [2.05, 4.69) is 15.9 Å². The van der Waals surface area contributed by atoms with E-state index in [9.17, 15) is 14.5 Å². The number of hydrogen-bond donors (Lipinski definition) is 1. The van der Waals surface area contributed by atoms with Crippen LogP contribution in [0.3, 0.4) is 0 Å². The minimum Gasteiger partial charge on any atom is -0.450 e. The summed E-state index contributed by atoms with van der Waals surface area (Å²) in [4.78, 5) is 10.2. The Kier molecular flexibility index (Phi) is 4.31. The average Bonchev–Trinajstić information content (AvgIpc) is 2.43. The SMILES string of the molecule is O=[N+]([O-])c1cc(F)c(Br)cc1Oc1ccc(CO)cc1. The van der Waals surface area contributed by atoms with Crippen LogP contribution in [0.2, 0.25) is 0 Å². The minimum atomic E-state index is -0.736. The molecule has 0 heterocycles. The van der Waals surface area contributed by atoms with Gasteiger partial charge < -0.3 is 9.84 Å². The van der Waals surface area contributed by atoms with Crippen LogP contribution in [0.5, 0.6) is 11.5 Å². The van der Waals surface area contributed by atoms with Crippen LogP contribution in [0.25, 0.3) is 0 Å². The molecule has 0 amide bonds. The first-order valence-corrected chi connectivity index (χ1v) is 6.31. The quantitative estimate of drug-likeness (QED) is 0.678. The fourth-order valence-electron chi connectivity index (χ4n) is 1.53. The number of benzene rings is 2. The van der Waals surface area contributed by atoms with Crippen molar-refractivity contribution in [3.8, 4) is 11.5 Å². The highest BCUT2D eigenvalue weighted by Crippen LogP contribution is 2.35. The average molecular weight is 342 g/mol.